The zero-order valence-electron chi connectivity index (χ0n) is 12.1. The molecule has 0 bridgehead atoms. The van der Waals surface area contributed by atoms with E-state index in [0.29, 0.717) is 12.5 Å². The van der Waals surface area contributed by atoms with Crippen molar-refractivity contribution in [2.24, 2.45) is 17.1 Å². The fourth-order valence-electron chi connectivity index (χ4n) is 2.62. The van der Waals surface area contributed by atoms with Gasteiger partial charge in [-0.05, 0) is 24.8 Å². The molecule has 1 aliphatic rings. The van der Waals surface area contributed by atoms with Crippen LogP contribution in [0, 0.1) is 11.3 Å². The van der Waals surface area contributed by atoms with Crippen molar-refractivity contribution in [3.05, 3.63) is 0 Å². The van der Waals surface area contributed by atoms with Crippen molar-refractivity contribution in [1.82, 2.24) is 4.90 Å². The number of rotatable bonds is 4. The number of nitrogens with zero attached hydrogens (tertiary/aromatic N) is 1. The van der Waals surface area contributed by atoms with Gasteiger partial charge < -0.3 is 10.6 Å². The molecule has 1 saturated carbocycles. The van der Waals surface area contributed by atoms with Gasteiger partial charge in [-0.25, -0.2) is 0 Å². The van der Waals surface area contributed by atoms with Crippen LogP contribution in [0.3, 0.4) is 0 Å². The molecule has 1 rings (SSSR count). The van der Waals surface area contributed by atoms with E-state index in [4.69, 9.17) is 5.73 Å². The van der Waals surface area contributed by atoms with E-state index in [0.717, 1.165) is 19.4 Å². The molecule has 0 heterocycles. The van der Waals surface area contributed by atoms with Gasteiger partial charge in [0.15, 0.2) is 0 Å². The lowest BCUT2D eigenvalue weighted by molar-refractivity contribution is -0.135. The standard InChI is InChI=1S/C14H28N2O.ClH/c1-14(2,10-15)11-16(3)13(17)12-8-6-4-5-7-9-12;/h12H,4-11,15H2,1-3H3;1H. The molecule has 0 saturated heterocycles. The van der Waals surface area contributed by atoms with Gasteiger partial charge in [0.2, 0.25) is 5.91 Å². The quantitative estimate of drug-likeness (QED) is 0.803. The summed E-state index contributed by atoms with van der Waals surface area (Å²) in [6, 6.07) is 0. The number of hydrogen-bond donors (Lipinski definition) is 1. The van der Waals surface area contributed by atoms with Crippen LogP contribution < -0.4 is 5.73 Å². The monoisotopic (exact) mass is 276 g/mol. The van der Waals surface area contributed by atoms with E-state index in [-0.39, 0.29) is 23.7 Å². The Hall–Kier alpha value is -0.280. The Bertz CT molecular complexity index is 248. The molecule has 2 N–H and O–H groups in total. The largest absolute Gasteiger partial charge is 0.345 e. The van der Waals surface area contributed by atoms with E-state index in [1.165, 1.54) is 25.7 Å². The van der Waals surface area contributed by atoms with Crippen molar-refractivity contribution in [1.29, 1.82) is 0 Å². The Morgan fingerprint density at radius 1 is 1.22 bits per heavy atom. The molecule has 0 unspecified atom stereocenters. The third-order valence-electron chi connectivity index (χ3n) is 3.80. The molecule has 18 heavy (non-hydrogen) atoms. The van der Waals surface area contributed by atoms with Crippen molar-refractivity contribution >= 4 is 18.3 Å². The van der Waals surface area contributed by atoms with Gasteiger partial charge in [-0.3, -0.25) is 4.79 Å². The summed E-state index contributed by atoms with van der Waals surface area (Å²) in [5.74, 6) is 0.587. The van der Waals surface area contributed by atoms with E-state index in [9.17, 15) is 4.79 Å². The molecule has 3 nitrogen and oxygen atoms in total. The van der Waals surface area contributed by atoms with Gasteiger partial charge in [-0.15, -0.1) is 12.4 Å². The van der Waals surface area contributed by atoms with Crippen molar-refractivity contribution in [3.8, 4) is 0 Å². The smallest absolute Gasteiger partial charge is 0.225 e. The van der Waals surface area contributed by atoms with Gasteiger partial charge in [0, 0.05) is 19.5 Å². The molecule has 0 spiro atoms. The van der Waals surface area contributed by atoms with Crippen molar-refractivity contribution in [2.45, 2.75) is 52.4 Å². The normalized spacial score (nSPS) is 17.8. The van der Waals surface area contributed by atoms with E-state index in [1.54, 1.807) is 0 Å². The fraction of sp³-hybridized carbons (Fsp3) is 0.929. The topological polar surface area (TPSA) is 46.3 Å². The molecule has 1 amide bonds. The van der Waals surface area contributed by atoms with Gasteiger partial charge in [0.1, 0.15) is 0 Å². The lowest BCUT2D eigenvalue weighted by Gasteiger charge is -2.31. The minimum absolute atomic E-state index is 0. The highest BCUT2D eigenvalue weighted by Gasteiger charge is 2.26. The fourth-order valence-corrected chi connectivity index (χ4v) is 2.62. The molecular weight excluding hydrogens is 248 g/mol. The molecule has 1 aliphatic carbocycles. The molecule has 0 atom stereocenters. The van der Waals surface area contributed by atoms with Crippen LogP contribution in [0.2, 0.25) is 0 Å². The van der Waals surface area contributed by atoms with Gasteiger partial charge >= 0.3 is 0 Å². The molecule has 4 heteroatoms. The highest BCUT2D eigenvalue weighted by molar-refractivity contribution is 5.85. The second-order valence-corrected chi connectivity index (χ2v) is 6.25. The molecule has 0 aromatic rings. The maximum absolute atomic E-state index is 12.3. The van der Waals surface area contributed by atoms with Crippen LogP contribution in [0.1, 0.15) is 52.4 Å². The number of halogens is 1. The number of nitrogens with two attached hydrogens (primary N) is 1. The third kappa shape index (κ3) is 5.57. The highest BCUT2D eigenvalue weighted by Crippen LogP contribution is 2.25. The van der Waals surface area contributed by atoms with Crippen molar-refractivity contribution in [3.63, 3.8) is 0 Å². The van der Waals surface area contributed by atoms with Crippen LogP contribution >= 0.6 is 12.4 Å². The third-order valence-corrected chi connectivity index (χ3v) is 3.80. The Balaban J connectivity index is 0.00000289. The molecule has 1 fully saturated rings. The second-order valence-electron chi connectivity index (χ2n) is 6.25. The lowest BCUT2D eigenvalue weighted by Crippen LogP contribution is -2.42. The Morgan fingerprint density at radius 2 is 1.72 bits per heavy atom. The van der Waals surface area contributed by atoms with Gasteiger partial charge in [-0.2, -0.15) is 0 Å². The average Bonchev–Trinajstić information content (AvgIpc) is 2.56. The molecule has 0 aromatic heterocycles. The molecule has 0 aromatic carbocycles. The summed E-state index contributed by atoms with van der Waals surface area (Å²) in [5.41, 5.74) is 5.74. The van der Waals surface area contributed by atoms with Crippen LogP contribution in [0.15, 0.2) is 0 Å². The van der Waals surface area contributed by atoms with Crippen molar-refractivity contribution in [2.75, 3.05) is 20.1 Å². The predicted octanol–water partition coefficient (Wildman–Crippen LogP) is 2.82. The number of amides is 1. The first kappa shape index (κ1) is 17.7. The van der Waals surface area contributed by atoms with E-state index in [1.807, 2.05) is 11.9 Å². The molecule has 0 radical (unpaired) electrons. The summed E-state index contributed by atoms with van der Waals surface area (Å²) >= 11 is 0. The summed E-state index contributed by atoms with van der Waals surface area (Å²) in [6.07, 6.45) is 7.16. The number of carbonyl (C=O) groups is 1. The minimum Gasteiger partial charge on any atom is -0.345 e. The van der Waals surface area contributed by atoms with Gasteiger partial charge in [-0.1, -0.05) is 39.5 Å². The van der Waals surface area contributed by atoms with Crippen LogP contribution in [0.25, 0.3) is 0 Å². The lowest BCUT2D eigenvalue weighted by atomic mass is 9.92. The van der Waals surface area contributed by atoms with E-state index in [2.05, 4.69) is 13.8 Å². The zero-order valence-corrected chi connectivity index (χ0v) is 12.9. The van der Waals surface area contributed by atoms with Crippen LogP contribution in [-0.4, -0.2) is 30.9 Å². The first-order chi connectivity index (χ1) is 7.96. The summed E-state index contributed by atoms with van der Waals surface area (Å²) in [7, 11) is 1.92. The maximum atomic E-state index is 12.3. The maximum Gasteiger partial charge on any atom is 0.225 e. The summed E-state index contributed by atoms with van der Waals surface area (Å²) in [6.45, 7) is 5.61. The first-order valence-corrected chi connectivity index (χ1v) is 6.91. The Labute approximate surface area is 118 Å². The Kier molecular flexibility index (Phi) is 7.88. The van der Waals surface area contributed by atoms with Crippen LogP contribution in [0.4, 0.5) is 0 Å². The van der Waals surface area contributed by atoms with Gasteiger partial charge in [0.05, 0.1) is 0 Å². The SMILES string of the molecule is CN(CC(C)(C)CN)C(=O)C1CCCCCC1.Cl. The van der Waals surface area contributed by atoms with Crippen LogP contribution in [-0.2, 0) is 4.79 Å². The number of hydrogen-bond acceptors (Lipinski definition) is 2. The molecule has 108 valence electrons. The summed E-state index contributed by atoms with van der Waals surface area (Å²) in [5, 5.41) is 0. The first-order valence-electron chi connectivity index (χ1n) is 6.91. The molecule has 0 aliphatic heterocycles. The van der Waals surface area contributed by atoms with E-state index < -0.39 is 0 Å². The van der Waals surface area contributed by atoms with Gasteiger partial charge in [0.25, 0.3) is 0 Å². The zero-order chi connectivity index (χ0) is 12.9. The summed E-state index contributed by atoms with van der Waals surface area (Å²) < 4.78 is 0. The highest BCUT2D eigenvalue weighted by atomic mass is 35.5. The second kappa shape index (κ2) is 8.00. The predicted molar refractivity (Wildman–Crippen MR) is 78.9 cm³/mol. The van der Waals surface area contributed by atoms with Crippen molar-refractivity contribution < 1.29 is 4.79 Å². The minimum atomic E-state index is 0. The number of carbonyl (C=O) groups excluding carboxylic acids is 1. The van der Waals surface area contributed by atoms with E-state index >= 15 is 0 Å². The summed E-state index contributed by atoms with van der Waals surface area (Å²) in [4.78, 5) is 14.2. The van der Waals surface area contributed by atoms with Crippen LogP contribution in [0.5, 0.6) is 0 Å². The molecular formula is C14H29ClN2O. The average molecular weight is 277 g/mol. The Morgan fingerprint density at radius 3 is 2.17 bits per heavy atom.